The predicted molar refractivity (Wildman–Crippen MR) is 49.7 cm³/mol. The van der Waals surface area contributed by atoms with Crippen LogP contribution in [0.4, 0.5) is 19.4 Å². The number of nitrogens with one attached hydrogen (secondary N) is 1. The van der Waals surface area contributed by atoms with Crippen molar-refractivity contribution in [1.29, 1.82) is 0 Å². The molecule has 1 heterocycles. The van der Waals surface area contributed by atoms with Crippen LogP contribution in [0.15, 0.2) is 35.4 Å². The first-order valence-electron chi connectivity index (χ1n) is 3.88. The molecule has 1 nitrogen and oxygen atoms in total. The van der Waals surface area contributed by atoms with Crippen molar-refractivity contribution in [2.75, 3.05) is 0 Å². The lowest BCUT2D eigenvalue weighted by molar-refractivity contribution is 0.359. The predicted octanol–water partition coefficient (Wildman–Crippen LogP) is 4.83. The van der Waals surface area contributed by atoms with Gasteiger partial charge in [0.25, 0.3) is 0 Å². The van der Waals surface area contributed by atoms with E-state index in [4.69, 9.17) is 0 Å². The van der Waals surface area contributed by atoms with Crippen molar-refractivity contribution in [3.63, 3.8) is 0 Å². The van der Waals surface area contributed by atoms with Crippen molar-refractivity contribution < 1.29 is 19.4 Å². The van der Waals surface area contributed by atoms with Crippen LogP contribution in [0.3, 0.4) is 0 Å². The molecule has 1 aromatic heterocycles. The van der Waals surface area contributed by atoms with Crippen LogP contribution < -0.4 is 0 Å². The van der Waals surface area contributed by atoms with Crippen LogP contribution in [-0.2, 0) is 0 Å². The van der Waals surface area contributed by atoms with Crippen LogP contribution >= 0.6 is 10.2 Å². The van der Waals surface area contributed by atoms with Gasteiger partial charge in [0.2, 0.25) is 0 Å². The molecular formula is C8H6F5NS. The summed E-state index contributed by atoms with van der Waals surface area (Å²) in [5.41, 5.74) is 0.0424. The van der Waals surface area contributed by atoms with Gasteiger partial charge in [-0.3, -0.25) is 0 Å². The molecule has 0 saturated heterocycles. The van der Waals surface area contributed by atoms with Crippen molar-refractivity contribution in [1.82, 2.24) is 4.98 Å². The van der Waals surface area contributed by atoms with Crippen molar-refractivity contribution in [2.45, 2.75) is 5.03 Å². The second-order valence-electron chi connectivity index (χ2n) is 3.19. The van der Waals surface area contributed by atoms with Gasteiger partial charge in [-0.05, 0) is 12.1 Å². The zero-order chi connectivity index (χ0) is 11.4. The number of H-pyrrole nitrogens is 1. The molecule has 0 atom stereocenters. The van der Waals surface area contributed by atoms with Gasteiger partial charge in [0, 0.05) is 10.9 Å². The first-order valence-corrected chi connectivity index (χ1v) is 5.83. The van der Waals surface area contributed by atoms with Crippen LogP contribution in [0.1, 0.15) is 0 Å². The second-order valence-corrected chi connectivity index (χ2v) is 5.57. The van der Waals surface area contributed by atoms with E-state index in [0.29, 0.717) is 6.07 Å². The minimum absolute atomic E-state index is 0.0424. The largest absolute Gasteiger partial charge is 0.342 e. The third-order valence-corrected chi connectivity index (χ3v) is 2.97. The summed E-state index contributed by atoms with van der Waals surface area (Å²) in [5.74, 6) is 0. The Hall–Kier alpha value is -1.24. The Morgan fingerprint density at radius 2 is 1.53 bits per heavy atom. The lowest BCUT2D eigenvalue weighted by Gasteiger charge is -2.38. The fourth-order valence-electron chi connectivity index (χ4n) is 1.25. The van der Waals surface area contributed by atoms with Crippen molar-refractivity contribution in [3.8, 4) is 0 Å². The fourth-order valence-corrected chi connectivity index (χ4v) is 1.91. The summed E-state index contributed by atoms with van der Waals surface area (Å²) in [4.78, 5) is 1.69. The zero-order valence-corrected chi connectivity index (χ0v) is 8.00. The van der Waals surface area contributed by atoms with E-state index in [-0.39, 0.29) is 10.9 Å². The van der Waals surface area contributed by atoms with E-state index in [1.807, 2.05) is 0 Å². The van der Waals surface area contributed by atoms with E-state index in [1.54, 1.807) is 4.98 Å². The number of para-hydroxylation sites is 1. The van der Waals surface area contributed by atoms with Crippen molar-refractivity contribution in [2.24, 2.45) is 0 Å². The summed E-state index contributed by atoms with van der Waals surface area (Å²) in [6.45, 7) is 0. The summed E-state index contributed by atoms with van der Waals surface area (Å²) >= 11 is 0. The van der Waals surface area contributed by atoms with Crippen LogP contribution in [-0.4, -0.2) is 4.98 Å². The molecule has 0 saturated carbocycles. The van der Waals surface area contributed by atoms with Gasteiger partial charge in [0.1, 0.15) is 0 Å². The summed E-state index contributed by atoms with van der Waals surface area (Å²) in [6, 6.07) is 6.01. The summed E-state index contributed by atoms with van der Waals surface area (Å²) in [6.07, 6.45) is 0. The van der Waals surface area contributed by atoms with E-state index in [9.17, 15) is 19.4 Å². The molecular weight excluding hydrogens is 237 g/mol. The molecule has 1 N–H and O–H groups in total. The van der Waals surface area contributed by atoms with Crippen molar-refractivity contribution >= 4 is 21.1 Å². The fraction of sp³-hybridized carbons (Fsp3) is 0. The number of benzene rings is 1. The van der Waals surface area contributed by atoms with Gasteiger partial charge in [0.05, 0.1) is 0 Å². The zero-order valence-electron chi connectivity index (χ0n) is 7.18. The summed E-state index contributed by atoms with van der Waals surface area (Å²) in [5, 5.41) is -1.84. The average molecular weight is 243 g/mol. The Bertz CT molecular complexity index is 493. The topological polar surface area (TPSA) is 15.8 Å². The molecule has 0 spiro atoms. The molecule has 15 heavy (non-hydrogen) atoms. The van der Waals surface area contributed by atoms with Crippen molar-refractivity contribution in [3.05, 3.63) is 30.3 Å². The lowest BCUT2D eigenvalue weighted by atomic mass is 10.3. The molecule has 0 bridgehead atoms. The molecule has 0 aliphatic heterocycles. The second kappa shape index (κ2) is 2.13. The normalized spacial score (nSPS) is 17.4. The summed E-state index contributed by atoms with van der Waals surface area (Å²) < 4.78 is 61.8. The standard InChI is InChI=1S/C8H6F5NS/c9-15(10,11,12,13)8-5-6-3-1-2-4-7(6)14-8/h1-5,14H. The molecule has 2 rings (SSSR count). The minimum Gasteiger partial charge on any atom is -0.342 e. The van der Waals surface area contributed by atoms with Gasteiger partial charge in [-0.15, -0.1) is 0 Å². The van der Waals surface area contributed by atoms with E-state index >= 15 is 0 Å². The smallest absolute Gasteiger partial charge is 0.324 e. The van der Waals surface area contributed by atoms with Crippen LogP contribution in [0.2, 0.25) is 0 Å². The molecule has 1 aromatic carbocycles. The monoisotopic (exact) mass is 243 g/mol. The maximum absolute atomic E-state index is 12.4. The maximum Gasteiger partial charge on any atom is 0.324 e. The molecule has 0 unspecified atom stereocenters. The van der Waals surface area contributed by atoms with E-state index in [0.717, 1.165) is 0 Å². The first-order chi connectivity index (χ1) is 6.56. The number of halogens is 5. The van der Waals surface area contributed by atoms with Gasteiger partial charge in [-0.2, -0.15) is 0 Å². The van der Waals surface area contributed by atoms with Gasteiger partial charge in [-0.25, -0.2) is 0 Å². The lowest BCUT2D eigenvalue weighted by Crippen LogP contribution is -2.05. The van der Waals surface area contributed by atoms with Crippen LogP contribution in [0.25, 0.3) is 10.9 Å². The maximum atomic E-state index is 12.4. The Balaban J connectivity index is 2.76. The Morgan fingerprint density at radius 1 is 0.933 bits per heavy atom. The molecule has 84 valence electrons. The van der Waals surface area contributed by atoms with Gasteiger partial charge in [-0.1, -0.05) is 37.6 Å². The number of hydrogen-bond donors (Lipinski definition) is 1. The van der Waals surface area contributed by atoms with E-state index in [2.05, 4.69) is 0 Å². The molecule has 0 aliphatic carbocycles. The third-order valence-electron chi connectivity index (χ3n) is 1.92. The third kappa shape index (κ3) is 1.92. The molecule has 0 radical (unpaired) electrons. The highest BCUT2D eigenvalue weighted by Gasteiger charge is 2.66. The Morgan fingerprint density at radius 3 is 2.07 bits per heavy atom. The van der Waals surface area contributed by atoms with Gasteiger partial charge in [0.15, 0.2) is 5.03 Å². The van der Waals surface area contributed by atoms with E-state index < -0.39 is 15.3 Å². The quantitative estimate of drug-likeness (QED) is 0.691. The van der Waals surface area contributed by atoms with Crippen LogP contribution in [0, 0.1) is 0 Å². The highest BCUT2D eigenvalue weighted by Crippen LogP contribution is 3.01. The number of rotatable bonds is 1. The number of aromatic amines is 1. The molecule has 7 heteroatoms. The molecule has 0 fully saturated rings. The highest BCUT2D eigenvalue weighted by molar-refractivity contribution is 8.45. The molecule has 2 aromatic rings. The van der Waals surface area contributed by atoms with Crippen LogP contribution in [0.5, 0.6) is 0 Å². The number of aromatic nitrogens is 1. The summed E-state index contributed by atoms with van der Waals surface area (Å²) in [7, 11) is -9.57. The SMILES string of the molecule is FS(F)(F)(F)(F)c1cc2ccccc2[nH]1. The minimum atomic E-state index is -9.57. The number of fused-ring (bicyclic) bond motifs is 1. The first kappa shape index (κ1) is 10.3. The van der Waals surface area contributed by atoms with E-state index in [1.165, 1.54) is 24.3 Å². The highest BCUT2D eigenvalue weighted by atomic mass is 32.5. The Labute approximate surface area is 81.6 Å². The average Bonchev–Trinajstić information content (AvgIpc) is 2.43. The van der Waals surface area contributed by atoms with Gasteiger partial charge >= 0.3 is 10.2 Å². The number of hydrogen-bond acceptors (Lipinski definition) is 0. The van der Waals surface area contributed by atoms with Gasteiger partial charge < -0.3 is 4.98 Å². The Kier molecular flexibility index (Phi) is 1.46. The molecule has 0 aliphatic rings. The molecule has 0 amide bonds.